The molecule has 0 saturated carbocycles. The normalized spacial score (nSPS) is 10.4. The molecular formula is C15H16ClN3O2. The number of carbonyl (C=O) groups is 1. The molecule has 1 aromatic heterocycles. The van der Waals surface area contributed by atoms with E-state index in [1.807, 2.05) is 31.2 Å². The zero-order chi connectivity index (χ0) is 15.4. The Hall–Kier alpha value is -2.14. The van der Waals surface area contributed by atoms with Gasteiger partial charge in [-0.15, -0.1) is 0 Å². The summed E-state index contributed by atoms with van der Waals surface area (Å²) in [5, 5.41) is 12.7. The number of hydrogen-bond acceptors (Lipinski definition) is 4. The molecule has 1 aromatic carbocycles. The van der Waals surface area contributed by atoms with E-state index in [-0.39, 0.29) is 5.82 Å². The first-order valence-corrected chi connectivity index (χ1v) is 6.98. The second-order valence-corrected chi connectivity index (χ2v) is 4.91. The zero-order valence-electron chi connectivity index (χ0n) is 11.9. The molecule has 0 aliphatic heterocycles. The van der Waals surface area contributed by atoms with Gasteiger partial charge in [0.05, 0.1) is 5.69 Å². The molecule has 0 bridgehead atoms. The van der Waals surface area contributed by atoms with Gasteiger partial charge in [0.1, 0.15) is 5.82 Å². The van der Waals surface area contributed by atoms with Crippen LogP contribution in [0.1, 0.15) is 34.4 Å². The van der Waals surface area contributed by atoms with E-state index in [1.54, 1.807) is 7.05 Å². The number of rotatable bonds is 5. The highest BCUT2D eigenvalue weighted by Crippen LogP contribution is 2.25. The highest BCUT2D eigenvalue weighted by molar-refractivity contribution is 6.31. The van der Waals surface area contributed by atoms with Gasteiger partial charge in [-0.3, -0.25) is 0 Å². The maximum atomic E-state index is 11.1. The fraction of sp³-hybridized carbons (Fsp3) is 0.267. The van der Waals surface area contributed by atoms with Crippen LogP contribution >= 0.6 is 11.6 Å². The van der Waals surface area contributed by atoms with Crippen LogP contribution in [-0.4, -0.2) is 28.1 Å². The topological polar surface area (TPSA) is 75.1 Å². The van der Waals surface area contributed by atoms with Crippen molar-refractivity contribution in [1.82, 2.24) is 9.97 Å². The Balaban J connectivity index is 2.51. The van der Waals surface area contributed by atoms with Crippen LogP contribution in [0.5, 0.6) is 0 Å². The van der Waals surface area contributed by atoms with Gasteiger partial charge in [0.15, 0.2) is 0 Å². The number of hydrogen-bond donors (Lipinski definition) is 2. The van der Waals surface area contributed by atoms with Crippen molar-refractivity contribution in [2.45, 2.75) is 19.8 Å². The lowest BCUT2D eigenvalue weighted by Crippen LogP contribution is -2.13. The lowest BCUT2D eigenvalue weighted by molar-refractivity contribution is 0.0683. The van der Waals surface area contributed by atoms with Crippen molar-refractivity contribution in [2.75, 3.05) is 12.4 Å². The monoisotopic (exact) mass is 305 g/mol. The van der Waals surface area contributed by atoms with Gasteiger partial charge in [-0.05, 0) is 18.1 Å². The fourth-order valence-electron chi connectivity index (χ4n) is 2.14. The number of carboxylic acids is 1. The Bertz CT molecular complexity index is 649. The molecule has 2 aromatic rings. The van der Waals surface area contributed by atoms with Crippen LogP contribution in [0.4, 0.5) is 5.82 Å². The van der Waals surface area contributed by atoms with Crippen molar-refractivity contribution < 1.29 is 9.90 Å². The molecule has 0 fully saturated rings. The molecule has 6 heteroatoms. The molecule has 2 N–H and O–H groups in total. The third kappa shape index (κ3) is 3.31. The Morgan fingerprint density at radius 1 is 1.33 bits per heavy atom. The minimum Gasteiger partial charge on any atom is -0.475 e. The number of anilines is 1. The van der Waals surface area contributed by atoms with Crippen molar-refractivity contribution >= 4 is 23.4 Å². The first-order valence-electron chi connectivity index (χ1n) is 6.61. The minimum absolute atomic E-state index is 0.195. The fourth-order valence-corrected chi connectivity index (χ4v) is 2.35. The number of aromatic carboxylic acids is 1. The molecule has 1 heterocycles. The Morgan fingerprint density at radius 2 is 2.05 bits per heavy atom. The molecule has 0 aliphatic carbocycles. The largest absolute Gasteiger partial charge is 0.475 e. The summed E-state index contributed by atoms with van der Waals surface area (Å²) < 4.78 is 0. The second kappa shape index (κ2) is 6.54. The summed E-state index contributed by atoms with van der Waals surface area (Å²) >= 11 is 6.19. The van der Waals surface area contributed by atoms with Gasteiger partial charge >= 0.3 is 5.97 Å². The van der Waals surface area contributed by atoms with Gasteiger partial charge in [0.25, 0.3) is 0 Å². The van der Waals surface area contributed by atoms with Crippen molar-refractivity contribution in [3.05, 3.63) is 51.9 Å². The van der Waals surface area contributed by atoms with Gasteiger partial charge < -0.3 is 10.4 Å². The maximum Gasteiger partial charge on any atom is 0.374 e. The van der Waals surface area contributed by atoms with E-state index in [0.29, 0.717) is 29.4 Å². The van der Waals surface area contributed by atoms with Crippen LogP contribution in [0.3, 0.4) is 0 Å². The molecule has 0 unspecified atom stereocenters. The number of nitrogens with one attached hydrogen (secondary N) is 1. The van der Waals surface area contributed by atoms with E-state index in [4.69, 9.17) is 16.7 Å². The highest BCUT2D eigenvalue weighted by Gasteiger charge is 2.17. The molecule has 0 spiro atoms. The Kier molecular flexibility index (Phi) is 4.75. The lowest BCUT2D eigenvalue weighted by atomic mass is 10.0. The average molecular weight is 306 g/mol. The third-order valence-corrected chi connectivity index (χ3v) is 3.55. The standard InChI is InChI=1S/C15H16ClN3O2/c1-3-12-10(8-9-6-4-5-7-11(9)16)13(17-2)19-14(18-12)15(20)21/h4-7H,3,8H2,1-2H3,(H,20,21)(H,17,18,19). The minimum atomic E-state index is -1.13. The van der Waals surface area contributed by atoms with Crippen LogP contribution in [0.2, 0.25) is 5.02 Å². The van der Waals surface area contributed by atoms with E-state index in [2.05, 4.69) is 15.3 Å². The van der Waals surface area contributed by atoms with Crippen molar-refractivity contribution in [3.63, 3.8) is 0 Å². The number of halogens is 1. The molecule has 21 heavy (non-hydrogen) atoms. The number of benzene rings is 1. The number of aromatic nitrogens is 2. The maximum absolute atomic E-state index is 11.1. The number of carboxylic acid groups (broad SMARTS) is 1. The van der Waals surface area contributed by atoms with Crippen LogP contribution in [0.15, 0.2) is 24.3 Å². The van der Waals surface area contributed by atoms with Gasteiger partial charge in [-0.25, -0.2) is 14.8 Å². The molecule has 0 atom stereocenters. The molecule has 0 radical (unpaired) electrons. The molecule has 5 nitrogen and oxygen atoms in total. The van der Waals surface area contributed by atoms with E-state index in [0.717, 1.165) is 11.1 Å². The van der Waals surface area contributed by atoms with Gasteiger partial charge in [0.2, 0.25) is 5.82 Å². The SMILES string of the molecule is CCc1nc(C(=O)O)nc(NC)c1Cc1ccccc1Cl. The first-order chi connectivity index (χ1) is 10.1. The zero-order valence-corrected chi connectivity index (χ0v) is 12.6. The molecular weight excluding hydrogens is 290 g/mol. The Labute approximate surface area is 128 Å². The summed E-state index contributed by atoms with van der Waals surface area (Å²) in [6.45, 7) is 1.93. The van der Waals surface area contributed by atoms with E-state index in [9.17, 15) is 4.79 Å². The molecule has 2 rings (SSSR count). The van der Waals surface area contributed by atoms with Crippen molar-refractivity contribution in [3.8, 4) is 0 Å². The Morgan fingerprint density at radius 3 is 2.62 bits per heavy atom. The van der Waals surface area contributed by atoms with Crippen LogP contribution in [0, 0.1) is 0 Å². The lowest BCUT2D eigenvalue weighted by Gasteiger charge is -2.14. The van der Waals surface area contributed by atoms with Gasteiger partial charge in [0, 0.05) is 24.1 Å². The smallest absolute Gasteiger partial charge is 0.374 e. The quantitative estimate of drug-likeness (QED) is 0.888. The number of nitrogens with zero attached hydrogens (tertiary/aromatic N) is 2. The molecule has 110 valence electrons. The second-order valence-electron chi connectivity index (χ2n) is 4.50. The van der Waals surface area contributed by atoms with Crippen molar-refractivity contribution in [2.24, 2.45) is 0 Å². The average Bonchev–Trinajstić information content (AvgIpc) is 2.49. The first kappa shape index (κ1) is 15.3. The van der Waals surface area contributed by atoms with E-state index in [1.165, 1.54) is 0 Å². The predicted octanol–water partition coefficient (Wildman–Crippen LogP) is 3.02. The van der Waals surface area contributed by atoms with Crippen molar-refractivity contribution in [1.29, 1.82) is 0 Å². The molecule has 0 aliphatic rings. The van der Waals surface area contributed by atoms with Gasteiger partial charge in [-0.1, -0.05) is 36.7 Å². The molecule has 0 amide bonds. The van der Waals surface area contributed by atoms with Crippen LogP contribution < -0.4 is 5.32 Å². The van der Waals surface area contributed by atoms with Gasteiger partial charge in [-0.2, -0.15) is 0 Å². The summed E-state index contributed by atoms with van der Waals surface area (Å²) in [6.07, 6.45) is 1.18. The predicted molar refractivity (Wildman–Crippen MR) is 82.2 cm³/mol. The summed E-state index contributed by atoms with van der Waals surface area (Å²) in [6, 6.07) is 7.55. The molecule has 0 saturated heterocycles. The summed E-state index contributed by atoms with van der Waals surface area (Å²) in [4.78, 5) is 19.3. The van der Waals surface area contributed by atoms with Crippen LogP contribution in [0.25, 0.3) is 0 Å². The number of aryl methyl sites for hydroxylation is 1. The van der Waals surface area contributed by atoms with E-state index >= 15 is 0 Å². The van der Waals surface area contributed by atoms with E-state index < -0.39 is 5.97 Å². The summed E-state index contributed by atoms with van der Waals surface area (Å²) in [5.41, 5.74) is 2.54. The highest BCUT2D eigenvalue weighted by atomic mass is 35.5. The van der Waals surface area contributed by atoms with Crippen LogP contribution in [-0.2, 0) is 12.8 Å². The summed E-state index contributed by atoms with van der Waals surface area (Å²) in [7, 11) is 1.71. The third-order valence-electron chi connectivity index (χ3n) is 3.18. The summed E-state index contributed by atoms with van der Waals surface area (Å²) in [5.74, 6) is -0.802.